The highest BCUT2D eigenvalue weighted by Crippen LogP contribution is 2.41. The lowest BCUT2D eigenvalue weighted by Gasteiger charge is -2.38. The largest absolute Gasteiger partial charge is 0.497 e. The summed E-state index contributed by atoms with van der Waals surface area (Å²) in [7, 11) is 1.58. The van der Waals surface area contributed by atoms with Crippen LogP contribution in [0.25, 0.3) is 10.9 Å². The Kier molecular flexibility index (Phi) is 7.50. The third kappa shape index (κ3) is 5.24. The average molecular weight is 481 g/mol. The van der Waals surface area contributed by atoms with Gasteiger partial charge in [0.05, 0.1) is 29.5 Å². The summed E-state index contributed by atoms with van der Waals surface area (Å²) in [6.07, 6.45) is 1.86. The molecule has 0 bridgehead atoms. The molecule has 1 saturated heterocycles. The summed E-state index contributed by atoms with van der Waals surface area (Å²) in [5.41, 5.74) is 1.13. The van der Waals surface area contributed by atoms with Crippen LogP contribution in [0, 0.1) is 24.2 Å². The Morgan fingerprint density at radius 1 is 1.35 bits per heavy atom. The minimum absolute atomic E-state index is 0.154. The number of fused-ring (bicyclic) bond motifs is 1. The third-order valence-electron chi connectivity index (χ3n) is 6.81. The van der Waals surface area contributed by atoms with Crippen molar-refractivity contribution >= 4 is 28.2 Å². The molecule has 1 unspecified atom stereocenters. The molecule has 0 aliphatic carbocycles. The molecule has 0 saturated carbocycles. The topological polar surface area (TPSA) is 62.7 Å². The summed E-state index contributed by atoms with van der Waals surface area (Å²) in [6.45, 7) is 3.76. The number of ether oxygens (including phenoxy) is 1. The molecule has 4 rings (SSSR count). The number of hydrogen-bond acceptors (Lipinski definition) is 5. The molecule has 1 aromatic carbocycles. The van der Waals surface area contributed by atoms with Gasteiger partial charge in [0.1, 0.15) is 11.9 Å². The number of pyridine rings is 1. The molecule has 1 N–H and O–H groups in total. The lowest BCUT2D eigenvalue weighted by Crippen LogP contribution is -2.44. The van der Waals surface area contributed by atoms with E-state index >= 15 is 4.39 Å². The molecule has 34 heavy (non-hydrogen) atoms. The summed E-state index contributed by atoms with van der Waals surface area (Å²) in [4.78, 5) is 19.9. The normalized spacial score (nSPS) is 16.6. The number of carboxylic acids is 1. The molecule has 0 spiro atoms. The zero-order valence-electron chi connectivity index (χ0n) is 19.5. The molecule has 0 radical (unpaired) electrons. The second kappa shape index (κ2) is 10.5. The summed E-state index contributed by atoms with van der Waals surface area (Å²) in [5, 5.41) is 12.8. The van der Waals surface area contributed by atoms with Crippen molar-refractivity contribution in [2.45, 2.75) is 38.8 Å². The van der Waals surface area contributed by atoms with Crippen LogP contribution in [0.15, 0.2) is 41.9 Å². The number of benzene rings is 1. The van der Waals surface area contributed by atoms with Gasteiger partial charge in [0.25, 0.3) is 0 Å². The summed E-state index contributed by atoms with van der Waals surface area (Å²) in [6, 6.07) is 9.39. The molecule has 3 aromatic rings. The number of methoxy groups -OCH3 is 1. The number of alkyl halides is 1. The van der Waals surface area contributed by atoms with E-state index in [1.807, 2.05) is 30.5 Å². The van der Waals surface area contributed by atoms with E-state index in [9.17, 15) is 9.90 Å². The van der Waals surface area contributed by atoms with E-state index < -0.39 is 17.6 Å². The van der Waals surface area contributed by atoms with Crippen molar-refractivity contribution in [2.75, 3.05) is 26.7 Å². The van der Waals surface area contributed by atoms with Crippen molar-refractivity contribution in [3.8, 4) is 17.6 Å². The van der Waals surface area contributed by atoms with E-state index in [2.05, 4.69) is 21.7 Å². The Balaban J connectivity index is 1.43. The first kappa shape index (κ1) is 24.2. The SMILES string of the molecule is COc1ccc2ncc(C)c(C(F)CCC3(C(=O)O)CCN(CC#Cc4cccs4)CC3)c2c1. The first-order valence-corrected chi connectivity index (χ1v) is 12.4. The van der Waals surface area contributed by atoms with Gasteiger partial charge in [-0.25, -0.2) is 4.39 Å². The molecule has 2 aromatic heterocycles. The Morgan fingerprint density at radius 2 is 2.15 bits per heavy atom. The van der Waals surface area contributed by atoms with Crippen LogP contribution in [-0.4, -0.2) is 47.7 Å². The number of thiophene rings is 1. The van der Waals surface area contributed by atoms with Gasteiger partial charge in [0.15, 0.2) is 0 Å². The smallest absolute Gasteiger partial charge is 0.309 e. The molecule has 178 valence electrons. The average Bonchev–Trinajstić information content (AvgIpc) is 3.36. The van der Waals surface area contributed by atoms with E-state index in [0.717, 1.165) is 15.8 Å². The number of nitrogens with zero attached hydrogens (tertiary/aromatic N) is 2. The van der Waals surface area contributed by atoms with Gasteiger partial charge in [-0.05, 0) is 73.4 Å². The van der Waals surface area contributed by atoms with E-state index in [-0.39, 0.29) is 6.42 Å². The highest BCUT2D eigenvalue weighted by atomic mass is 32.1. The van der Waals surface area contributed by atoms with Crippen LogP contribution in [-0.2, 0) is 4.79 Å². The lowest BCUT2D eigenvalue weighted by atomic mass is 9.74. The second-order valence-electron chi connectivity index (χ2n) is 8.88. The molecule has 1 fully saturated rings. The number of carboxylic acid groups (broad SMARTS) is 1. The first-order valence-electron chi connectivity index (χ1n) is 11.5. The van der Waals surface area contributed by atoms with E-state index in [1.54, 1.807) is 36.8 Å². The van der Waals surface area contributed by atoms with Crippen molar-refractivity contribution in [2.24, 2.45) is 5.41 Å². The van der Waals surface area contributed by atoms with Gasteiger partial charge in [-0.15, -0.1) is 11.3 Å². The van der Waals surface area contributed by atoms with Gasteiger partial charge in [0, 0.05) is 24.7 Å². The Morgan fingerprint density at radius 3 is 2.82 bits per heavy atom. The zero-order valence-corrected chi connectivity index (χ0v) is 20.3. The van der Waals surface area contributed by atoms with Crippen LogP contribution in [0.5, 0.6) is 5.75 Å². The number of likely N-dealkylation sites (tertiary alicyclic amines) is 1. The standard InChI is InChI=1S/C27H29FN2O3S/c1-19-18-29-24-8-7-20(33-2)17-22(24)25(19)23(28)9-10-27(26(31)32)11-14-30(15-12-27)13-3-5-21-6-4-16-34-21/h4,6-8,16-18,23H,9-15H2,1-2H3,(H,31,32). The summed E-state index contributed by atoms with van der Waals surface area (Å²) in [5.74, 6) is 6.14. The highest BCUT2D eigenvalue weighted by molar-refractivity contribution is 7.10. The summed E-state index contributed by atoms with van der Waals surface area (Å²) < 4.78 is 21.0. The molecule has 0 amide bonds. The number of carbonyl (C=O) groups is 1. The first-order chi connectivity index (χ1) is 16.4. The molecule has 5 nitrogen and oxygen atoms in total. The van der Waals surface area contributed by atoms with Crippen molar-refractivity contribution in [3.05, 3.63) is 57.9 Å². The quantitative estimate of drug-likeness (QED) is 0.445. The number of aryl methyl sites for hydroxylation is 1. The van der Waals surface area contributed by atoms with Gasteiger partial charge in [-0.3, -0.25) is 14.7 Å². The number of aliphatic carboxylic acids is 1. The molecular formula is C27H29FN2O3S. The number of rotatable bonds is 7. The Labute approximate surface area is 203 Å². The Bertz CT molecular complexity index is 1210. The Hall–Kier alpha value is -2.95. The fourth-order valence-electron chi connectivity index (χ4n) is 4.68. The van der Waals surface area contributed by atoms with Crippen LogP contribution in [0.1, 0.15) is 47.9 Å². The lowest BCUT2D eigenvalue weighted by molar-refractivity contribution is -0.152. The maximum atomic E-state index is 15.6. The minimum atomic E-state index is -1.27. The van der Waals surface area contributed by atoms with Gasteiger partial charge in [0.2, 0.25) is 0 Å². The monoisotopic (exact) mass is 480 g/mol. The number of aromatic nitrogens is 1. The highest BCUT2D eigenvalue weighted by Gasteiger charge is 2.41. The third-order valence-corrected chi connectivity index (χ3v) is 7.59. The van der Waals surface area contributed by atoms with Crippen LogP contribution < -0.4 is 4.74 Å². The van der Waals surface area contributed by atoms with Crippen LogP contribution in [0.2, 0.25) is 0 Å². The van der Waals surface area contributed by atoms with Gasteiger partial charge < -0.3 is 9.84 Å². The minimum Gasteiger partial charge on any atom is -0.497 e. The van der Waals surface area contributed by atoms with Crippen molar-refractivity contribution in [3.63, 3.8) is 0 Å². The van der Waals surface area contributed by atoms with E-state index in [4.69, 9.17) is 4.74 Å². The maximum Gasteiger partial charge on any atom is 0.309 e. The second-order valence-corrected chi connectivity index (χ2v) is 9.83. The van der Waals surface area contributed by atoms with Crippen molar-refractivity contribution in [1.29, 1.82) is 0 Å². The van der Waals surface area contributed by atoms with Gasteiger partial charge >= 0.3 is 5.97 Å². The molecular weight excluding hydrogens is 451 g/mol. The number of hydrogen-bond donors (Lipinski definition) is 1. The maximum absolute atomic E-state index is 15.6. The molecule has 3 heterocycles. The van der Waals surface area contributed by atoms with E-state index in [0.29, 0.717) is 55.7 Å². The van der Waals surface area contributed by atoms with E-state index in [1.165, 1.54) is 0 Å². The van der Waals surface area contributed by atoms with Crippen LogP contribution in [0.3, 0.4) is 0 Å². The molecule has 1 aliphatic heterocycles. The zero-order chi connectivity index (χ0) is 24.1. The summed E-state index contributed by atoms with van der Waals surface area (Å²) >= 11 is 1.61. The van der Waals surface area contributed by atoms with Crippen molar-refractivity contribution < 1.29 is 19.0 Å². The van der Waals surface area contributed by atoms with Crippen LogP contribution >= 0.6 is 11.3 Å². The predicted molar refractivity (Wildman–Crippen MR) is 133 cm³/mol. The molecule has 1 atom stereocenters. The number of halogens is 1. The fourth-order valence-corrected chi connectivity index (χ4v) is 5.27. The fraction of sp³-hybridized carbons (Fsp3) is 0.407. The van der Waals surface area contributed by atoms with Gasteiger partial charge in [-0.2, -0.15) is 0 Å². The van der Waals surface area contributed by atoms with Crippen molar-refractivity contribution in [1.82, 2.24) is 9.88 Å². The predicted octanol–water partition coefficient (Wildman–Crippen LogP) is 5.62. The number of piperidine rings is 1. The molecule has 7 heteroatoms. The molecule has 1 aliphatic rings. The van der Waals surface area contributed by atoms with Gasteiger partial charge in [-0.1, -0.05) is 17.9 Å². The van der Waals surface area contributed by atoms with Crippen LogP contribution in [0.4, 0.5) is 4.39 Å².